The first-order valence-electron chi connectivity index (χ1n) is 12.2. The van der Waals surface area contributed by atoms with E-state index in [1.165, 1.54) is 24.3 Å². The van der Waals surface area contributed by atoms with Gasteiger partial charge in [-0.15, -0.1) is 0 Å². The van der Waals surface area contributed by atoms with E-state index in [0.29, 0.717) is 5.92 Å². The molecule has 5 nitrogen and oxygen atoms in total. The van der Waals surface area contributed by atoms with Crippen LogP contribution in [0.1, 0.15) is 12.8 Å². The number of benzene rings is 2. The van der Waals surface area contributed by atoms with Crippen molar-refractivity contribution in [2.45, 2.75) is 19.4 Å². The molecule has 2 aromatic carbocycles. The fourth-order valence-corrected chi connectivity index (χ4v) is 5.06. The Kier molecular flexibility index (Phi) is 5.99. The number of pyridine rings is 2. The molecule has 7 heteroatoms. The van der Waals surface area contributed by atoms with Gasteiger partial charge < -0.3 is 5.32 Å². The summed E-state index contributed by atoms with van der Waals surface area (Å²) in [5, 5.41) is 9.08. The SMILES string of the molecule is Fc1ccc(-c2nc3c(cnn3CC3CCNCC3)c(-c3ccc(F)cc3)c2-c2ccncc2)cc1. The van der Waals surface area contributed by atoms with Gasteiger partial charge in [-0.2, -0.15) is 5.10 Å². The predicted octanol–water partition coefficient (Wildman–Crippen LogP) is 6.11. The van der Waals surface area contributed by atoms with E-state index in [0.717, 1.165) is 77.0 Å². The van der Waals surface area contributed by atoms with Gasteiger partial charge in [-0.05, 0) is 91.5 Å². The second kappa shape index (κ2) is 9.59. The van der Waals surface area contributed by atoms with Crippen molar-refractivity contribution in [2.75, 3.05) is 13.1 Å². The van der Waals surface area contributed by atoms with Gasteiger partial charge in [0.05, 0.1) is 11.9 Å². The molecular formula is C29H25F2N5. The summed E-state index contributed by atoms with van der Waals surface area (Å²) in [6, 6.07) is 16.8. The first kappa shape index (κ1) is 22.5. The Labute approximate surface area is 207 Å². The Bertz CT molecular complexity index is 1490. The lowest BCUT2D eigenvalue weighted by Crippen LogP contribution is -2.30. The number of fused-ring (bicyclic) bond motifs is 1. The molecule has 0 atom stereocenters. The molecule has 0 aliphatic carbocycles. The van der Waals surface area contributed by atoms with Crippen molar-refractivity contribution in [3.63, 3.8) is 0 Å². The molecule has 0 radical (unpaired) electrons. The number of hydrogen-bond acceptors (Lipinski definition) is 4. The minimum atomic E-state index is -0.306. The van der Waals surface area contributed by atoms with Crippen molar-refractivity contribution in [3.05, 3.63) is 90.9 Å². The van der Waals surface area contributed by atoms with E-state index in [4.69, 9.17) is 10.1 Å². The number of nitrogens with zero attached hydrogens (tertiary/aromatic N) is 4. The van der Waals surface area contributed by atoms with Gasteiger partial charge in [0.15, 0.2) is 5.65 Å². The lowest BCUT2D eigenvalue weighted by atomic mass is 9.89. The first-order valence-corrected chi connectivity index (χ1v) is 12.2. The second-order valence-corrected chi connectivity index (χ2v) is 9.22. The molecule has 0 unspecified atom stereocenters. The lowest BCUT2D eigenvalue weighted by Gasteiger charge is -2.23. The molecular weight excluding hydrogens is 456 g/mol. The van der Waals surface area contributed by atoms with Gasteiger partial charge in [0.25, 0.3) is 0 Å². The summed E-state index contributed by atoms with van der Waals surface area (Å²) in [7, 11) is 0. The van der Waals surface area contributed by atoms with Gasteiger partial charge in [-0.25, -0.2) is 18.4 Å². The van der Waals surface area contributed by atoms with Crippen LogP contribution in [-0.2, 0) is 6.54 Å². The molecule has 0 saturated carbocycles. The average molecular weight is 482 g/mol. The van der Waals surface area contributed by atoms with Crippen LogP contribution in [0.2, 0.25) is 0 Å². The van der Waals surface area contributed by atoms with Crippen LogP contribution in [0.4, 0.5) is 8.78 Å². The normalized spacial score (nSPS) is 14.4. The van der Waals surface area contributed by atoms with E-state index in [1.807, 2.05) is 23.0 Å². The third-order valence-electron chi connectivity index (χ3n) is 6.89. The quantitative estimate of drug-likeness (QED) is 0.329. The summed E-state index contributed by atoms with van der Waals surface area (Å²) in [5.74, 6) is -0.0885. The number of nitrogens with one attached hydrogen (secondary N) is 1. The fraction of sp³-hybridized carbons (Fsp3) is 0.207. The Morgan fingerprint density at radius 2 is 1.39 bits per heavy atom. The standard InChI is InChI=1S/C29H25F2N5/c30-23-5-1-20(2-6-23)26-25-17-34-36(18-19-9-13-32-14-10-19)29(25)35-28(22-3-7-24(31)8-4-22)27(26)21-11-15-33-16-12-21/h1-8,11-12,15-17,19,32H,9-10,13-14,18H2. The highest BCUT2D eigenvalue weighted by Crippen LogP contribution is 2.43. The monoisotopic (exact) mass is 481 g/mol. The van der Waals surface area contributed by atoms with Crippen LogP contribution in [0, 0.1) is 17.6 Å². The maximum atomic E-state index is 13.9. The summed E-state index contributed by atoms with van der Waals surface area (Å²) in [5.41, 5.74) is 5.87. The zero-order chi connectivity index (χ0) is 24.5. The molecule has 6 rings (SSSR count). The summed E-state index contributed by atoms with van der Waals surface area (Å²) in [6.45, 7) is 2.79. The zero-order valence-corrected chi connectivity index (χ0v) is 19.7. The third-order valence-corrected chi connectivity index (χ3v) is 6.89. The van der Waals surface area contributed by atoms with Crippen molar-refractivity contribution in [2.24, 2.45) is 5.92 Å². The highest BCUT2D eigenvalue weighted by molar-refractivity contribution is 6.06. The molecule has 4 heterocycles. The second-order valence-electron chi connectivity index (χ2n) is 9.22. The molecule has 0 amide bonds. The van der Waals surface area contributed by atoms with Crippen LogP contribution < -0.4 is 5.32 Å². The molecule has 1 saturated heterocycles. The van der Waals surface area contributed by atoms with Crippen LogP contribution in [-0.4, -0.2) is 32.8 Å². The minimum Gasteiger partial charge on any atom is -0.317 e. The highest BCUT2D eigenvalue weighted by Gasteiger charge is 2.23. The van der Waals surface area contributed by atoms with Crippen LogP contribution in [0.5, 0.6) is 0 Å². The fourth-order valence-electron chi connectivity index (χ4n) is 5.06. The largest absolute Gasteiger partial charge is 0.317 e. The molecule has 36 heavy (non-hydrogen) atoms. The van der Waals surface area contributed by atoms with E-state index in [9.17, 15) is 8.78 Å². The molecule has 1 aliphatic rings. The zero-order valence-electron chi connectivity index (χ0n) is 19.7. The Balaban J connectivity index is 1.65. The molecule has 1 aliphatic heterocycles. The third kappa shape index (κ3) is 4.27. The summed E-state index contributed by atoms with van der Waals surface area (Å²) in [4.78, 5) is 9.34. The number of piperidine rings is 1. The number of halogens is 2. The number of hydrogen-bond donors (Lipinski definition) is 1. The first-order chi connectivity index (χ1) is 17.7. The maximum absolute atomic E-state index is 13.9. The van der Waals surface area contributed by atoms with Gasteiger partial charge in [-0.1, -0.05) is 12.1 Å². The van der Waals surface area contributed by atoms with Crippen molar-refractivity contribution >= 4 is 11.0 Å². The van der Waals surface area contributed by atoms with Crippen molar-refractivity contribution < 1.29 is 8.78 Å². The average Bonchev–Trinajstić information content (AvgIpc) is 3.32. The summed E-state index contributed by atoms with van der Waals surface area (Å²) < 4.78 is 29.7. The van der Waals surface area contributed by atoms with E-state index >= 15 is 0 Å². The number of rotatable bonds is 5. The topological polar surface area (TPSA) is 55.6 Å². The van der Waals surface area contributed by atoms with Crippen LogP contribution in [0.3, 0.4) is 0 Å². The van der Waals surface area contributed by atoms with Gasteiger partial charge >= 0.3 is 0 Å². The van der Waals surface area contributed by atoms with E-state index < -0.39 is 0 Å². The minimum absolute atomic E-state index is 0.296. The Morgan fingerprint density at radius 1 is 0.778 bits per heavy atom. The number of aromatic nitrogens is 4. The van der Waals surface area contributed by atoms with Gasteiger partial charge in [0.2, 0.25) is 0 Å². The molecule has 0 spiro atoms. The van der Waals surface area contributed by atoms with E-state index in [1.54, 1.807) is 36.7 Å². The van der Waals surface area contributed by atoms with E-state index in [2.05, 4.69) is 10.3 Å². The molecule has 1 N–H and O–H groups in total. The van der Waals surface area contributed by atoms with Crippen LogP contribution in [0.15, 0.2) is 79.3 Å². The summed E-state index contributed by atoms with van der Waals surface area (Å²) >= 11 is 0. The molecule has 5 aromatic rings. The van der Waals surface area contributed by atoms with E-state index in [-0.39, 0.29) is 11.6 Å². The van der Waals surface area contributed by atoms with Crippen molar-refractivity contribution in [3.8, 4) is 33.5 Å². The predicted molar refractivity (Wildman–Crippen MR) is 137 cm³/mol. The Hall–Kier alpha value is -3.97. The lowest BCUT2D eigenvalue weighted by molar-refractivity contribution is 0.324. The smallest absolute Gasteiger partial charge is 0.159 e. The Morgan fingerprint density at radius 3 is 2.06 bits per heavy atom. The molecule has 0 bridgehead atoms. The van der Waals surface area contributed by atoms with Gasteiger partial charge in [-0.3, -0.25) is 4.98 Å². The maximum Gasteiger partial charge on any atom is 0.159 e. The highest BCUT2D eigenvalue weighted by atomic mass is 19.1. The molecule has 1 fully saturated rings. The summed E-state index contributed by atoms with van der Waals surface area (Å²) in [6.07, 6.45) is 7.52. The van der Waals surface area contributed by atoms with Crippen LogP contribution in [0.25, 0.3) is 44.5 Å². The van der Waals surface area contributed by atoms with Gasteiger partial charge in [0.1, 0.15) is 11.6 Å². The molecule has 180 valence electrons. The van der Waals surface area contributed by atoms with Crippen LogP contribution >= 0.6 is 0 Å². The molecule has 3 aromatic heterocycles. The van der Waals surface area contributed by atoms with Crippen molar-refractivity contribution in [1.82, 2.24) is 25.1 Å². The van der Waals surface area contributed by atoms with Crippen molar-refractivity contribution in [1.29, 1.82) is 0 Å². The van der Waals surface area contributed by atoms with Gasteiger partial charge in [0, 0.05) is 41.0 Å².